The van der Waals surface area contributed by atoms with Crippen molar-refractivity contribution in [2.75, 3.05) is 27.2 Å². The van der Waals surface area contributed by atoms with Gasteiger partial charge < -0.3 is 19.8 Å². The summed E-state index contributed by atoms with van der Waals surface area (Å²) in [5, 5.41) is 0. The van der Waals surface area contributed by atoms with Crippen LogP contribution in [0.15, 0.2) is 146 Å². The van der Waals surface area contributed by atoms with Gasteiger partial charge in [-0.2, -0.15) is 0 Å². The van der Waals surface area contributed by atoms with E-state index in [1.54, 1.807) is 0 Å². The molecule has 3 atom stereocenters. The van der Waals surface area contributed by atoms with Gasteiger partial charge in [0.2, 0.25) is 5.91 Å². The van der Waals surface area contributed by atoms with E-state index in [1.807, 2.05) is 126 Å². The number of amides is 2. The standard InChI is InChI=1S/C49H47N7O2/c1-54(2)45(38-15-7-4-8-16-38)49(58)56-30-12-20-44(56)47-51-32-42(53-47)37-27-23-34(24-28-37)33-21-25-36(26-22-33)41-31-50-46(52-41)43-19-11-29-55(43)48(57)40-18-10-9-17-39(40)35-13-5-3-6-14-35/h3-10,13-18,21-28,31-32,43-45H,11-12,19-20,29-30H2,1-2H3,(H,50,52)(H,51,53)/t43-,44-,45+/m0/s1. The summed E-state index contributed by atoms with van der Waals surface area (Å²) in [6.07, 6.45) is 7.38. The molecule has 5 aromatic carbocycles. The van der Waals surface area contributed by atoms with Gasteiger partial charge in [0.1, 0.15) is 17.7 Å². The van der Waals surface area contributed by atoms with Crippen molar-refractivity contribution in [3.63, 3.8) is 0 Å². The summed E-state index contributed by atoms with van der Waals surface area (Å²) in [7, 11) is 3.92. The predicted molar refractivity (Wildman–Crippen MR) is 228 cm³/mol. The molecule has 0 aliphatic carbocycles. The second kappa shape index (κ2) is 16.1. The first kappa shape index (κ1) is 37.0. The number of carbonyl (C=O) groups is 2. The van der Waals surface area contributed by atoms with Crippen molar-refractivity contribution in [2.45, 2.75) is 43.8 Å². The SMILES string of the molecule is CN(C)[C@@H](C(=O)N1CCC[C@H]1c1ncc(-c2ccc(-c3ccc(-c4cnc([C@@H]5CCCN5C(=O)c5ccccc5-c5ccccc5)[nH]4)cc3)cc2)[nH]1)c1ccccc1. The molecule has 2 saturated heterocycles. The molecule has 0 radical (unpaired) electrons. The van der Waals surface area contributed by atoms with E-state index < -0.39 is 0 Å². The second-order valence-corrected chi connectivity index (χ2v) is 15.6. The average molecular weight is 766 g/mol. The molecule has 2 aliphatic heterocycles. The smallest absolute Gasteiger partial charge is 0.255 e. The third kappa shape index (κ3) is 7.25. The average Bonchev–Trinajstić information content (AvgIpc) is 4.12. The minimum atomic E-state index is -0.343. The van der Waals surface area contributed by atoms with E-state index in [-0.39, 0.29) is 29.9 Å². The lowest BCUT2D eigenvalue weighted by atomic mass is 9.98. The van der Waals surface area contributed by atoms with E-state index in [4.69, 9.17) is 9.97 Å². The highest BCUT2D eigenvalue weighted by molar-refractivity contribution is 6.01. The van der Waals surface area contributed by atoms with Crippen LogP contribution in [0.1, 0.15) is 71.4 Å². The van der Waals surface area contributed by atoms with Crippen LogP contribution in [0.5, 0.6) is 0 Å². The molecule has 7 aromatic rings. The molecular formula is C49H47N7O2. The van der Waals surface area contributed by atoms with Gasteiger partial charge in [-0.3, -0.25) is 14.5 Å². The number of H-pyrrole nitrogens is 2. The van der Waals surface area contributed by atoms with Gasteiger partial charge in [-0.15, -0.1) is 0 Å². The molecule has 9 heteroatoms. The van der Waals surface area contributed by atoms with Crippen LogP contribution < -0.4 is 0 Å². The van der Waals surface area contributed by atoms with E-state index >= 15 is 0 Å². The Morgan fingerprint density at radius 1 is 0.586 bits per heavy atom. The highest BCUT2D eigenvalue weighted by Crippen LogP contribution is 2.37. The largest absolute Gasteiger partial charge is 0.340 e. The maximum absolute atomic E-state index is 14.0. The number of rotatable bonds is 10. The lowest BCUT2D eigenvalue weighted by Gasteiger charge is -2.31. The molecule has 9 nitrogen and oxygen atoms in total. The third-order valence-electron chi connectivity index (χ3n) is 11.7. The van der Waals surface area contributed by atoms with Gasteiger partial charge in [0.25, 0.3) is 5.91 Å². The predicted octanol–water partition coefficient (Wildman–Crippen LogP) is 9.74. The lowest BCUT2D eigenvalue weighted by Crippen LogP contribution is -2.40. The quantitative estimate of drug-likeness (QED) is 0.144. The minimum Gasteiger partial charge on any atom is -0.340 e. The van der Waals surface area contributed by atoms with Gasteiger partial charge in [-0.05, 0) is 84.8 Å². The number of hydrogen-bond donors (Lipinski definition) is 2. The first-order valence-corrected chi connectivity index (χ1v) is 20.2. The molecule has 0 bridgehead atoms. The molecule has 2 N–H and O–H groups in total. The molecule has 0 unspecified atom stereocenters. The number of benzene rings is 5. The van der Waals surface area contributed by atoms with E-state index in [0.717, 1.165) is 94.2 Å². The second-order valence-electron chi connectivity index (χ2n) is 15.6. The van der Waals surface area contributed by atoms with E-state index in [2.05, 4.69) is 58.5 Å². The third-order valence-corrected chi connectivity index (χ3v) is 11.7. The zero-order valence-corrected chi connectivity index (χ0v) is 32.9. The first-order chi connectivity index (χ1) is 28.4. The molecule has 9 rings (SSSR count). The summed E-state index contributed by atoms with van der Waals surface area (Å²) in [6.45, 7) is 1.42. The number of imidazole rings is 2. The number of aromatic nitrogens is 4. The van der Waals surface area contributed by atoms with Crippen LogP contribution in [0.3, 0.4) is 0 Å². The number of nitrogens with zero attached hydrogens (tertiary/aromatic N) is 5. The summed E-state index contributed by atoms with van der Waals surface area (Å²) >= 11 is 0. The fraction of sp³-hybridized carbons (Fsp3) is 0.224. The normalized spacial score (nSPS) is 17.2. The van der Waals surface area contributed by atoms with Gasteiger partial charge in [0, 0.05) is 18.7 Å². The van der Waals surface area contributed by atoms with Crippen LogP contribution in [-0.2, 0) is 4.79 Å². The maximum Gasteiger partial charge on any atom is 0.255 e. The Bertz CT molecular complexity index is 2510. The van der Waals surface area contributed by atoms with E-state index in [9.17, 15) is 9.59 Å². The molecule has 2 fully saturated rings. The monoisotopic (exact) mass is 765 g/mol. The topological polar surface area (TPSA) is 101 Å². The van der Waals surface area contributed by atoms with Crippen molar-refractivity contribution in [1.82, 2.24) is 34.6 Å². The summed E-state index contributed by atoms with van der Waals surface area (Å²) < 4.78 is 0. The number of likely N-dealkylation sites (N-methyl/N-ethyl adjacent to an activating group) is 1. The molecule has 2 aromatic heterocycles. The van der Waals surface area contributed by atoms with Gasteiger partial charge in [0.15, 0.2) is 0 Å². The van der Waals surface area contributed by atoms with Crippen molar-refractivity contribution < 1.29 is 9.59 Å². The fourth-order valence-electron chi connectivity index (χ4n) is 8.75. The van der Waals surface area contributed by atoms with Gasteiger partial charge in [-0.1, -0.05) is 127 Å². The zero-order chi connectivity index (χ0) is 39.6. The lowest BCUT2D eigenvalue weighted by molar-refractivity contribution is -0.137. The van der Waals surface area contributed by atoms with Crippen molar-refractivity contribution in [2.24, 2.45) is 0 Å². The Morgan fingerprint density at radius 2 is 1.07 bits per heavy atom. The summed E-state index contributed by atoms with van der Waals surface area (Å²) in [6, 6.07) is 44.4. The number of carbonyl (C=O) groups excluding carboxylic acids is 2. The first-order valence-electron chi connectivity index (χ1n) is 20.2. The van der Waals surface area contributed by atoms with Crippen molar-refractivity contribution in [3.8, 4) is 44.8 Å². The molecular weight excluding hydrogens is 719 g/mol. The maximum atomic E-state index is 14.0. The summed E-state index contributed by atoms with van der Waals surface area (Å²) in [5.74, 6) is 1.78. The van der Waals surface area contributed by atoms with Crippen LogP contribution in [0.4, 0.5) is 0 Å². The Balaban J connectivity index is 0.866. The molecule has 0 spiro atoms. The van der Waals surface area contributed by atoms with E-state index in [0.29, 0.717) is 12.1 Å². The van der Waals surface area contributed by atoms with Crippen LogP contribution in [0.25, 0.3) is 44.8 Å². The van der Waals surface area contributed by atoms with Gasteiger partial charge >= 0.3 is 0 Å². The summed E-state index contributed by atoms with van der Waals surface area (Å²) in [4.78, 5) is 50.6. The minimum absolute atomic E-state index is 0.0352. The van der Waals surface area contributed by atoms with Crippen molar-refractivity contribution in [3.05, 3.63) is 169 Å². The van der Waals surface area contributed by atoms with Crippen molar-refractivity contribution in [1.29, 1.82) is 0 Å². The molecule has 2 amide bonds. The van der Waals surface area contributed by atoms with Crippen LogP contribution in [0.2, 0.25) is 0 Å². The van der Waals surface area contributed by atoms with Gasteiger partial charge in [0.05, 0.1) is 35.9 Å². The van der Waals surface area contributed by atoms with Crippen LogP contribution >= 0.6 is 0 Å². The molecule has 0 saturated carbocycles. The highest BCUT2D eigenvalue weighted by Gasteiger charge is 2.37. The van der Waals surface area contributed by atoms with Crippen LogP contribution in [0, 0.1) is 0 Å². The van der Waals surface area contributed by atoms with Crippen LogP contribution in [-0.4, -0.2) is 73.6 Å². The number of likely N-dealkylation sites (tertiary alicyclic amines) is 2. The molecule has 2 aliphatic rings. The number of aromatic amines is 2. The molecule has 4 heterocycles. The van der Waals surface area contributed by atoms with Crippen molar-refractivity contribution >= 4 is 11.8 Å². The summed E-state index contributed by atoms with van der Waals surface area (Å²) in [5.41, 5.74) is 9.85. The van der Waals surface area contributed by atoms with E-state index in [1.165, 1.54) is 0 Å². The Hall–Kier alpha value is -6.58. The number of nitrogens with one attached hydrogen (secondary N) is 2. The molecule has 290 valence electrons. The Kier molecular flexibility index (Phi) is 10.3. The molecule has 58 heavy (non-hydrogen) atoms. The Morgan fingerprint density at radius 3 is 1.64 bits per heavy atom. The zero-order valence-electron chi connectivity index (χ0n) is 32.9. The number of hydrogen-bond acceptors (Lipinski definition) is 5. The Labute approximate surface area is 339 Å². The highest BCUT2D eigenvalue weighted by atomic mass is 16.2. The van der Waals surface area contributed by atoms with Gasteiger partial charge in [-0.25, -0.2) is 9.97 Å². The fourth-order valence-corrected chi connectivity index (χ4v) is 8.75.